The Morgan fingerprint density at radius 1 is 0.786 bits per heavy atom. The van der Waals surface area contributed by atoms with Crippen LogP contribution in [0, 0.1) is 6.92 Å². The molecule has 0 atom stereocenters. The minimum Gasteiger partial charge on any atom is -1.00 e. The van der Waals surface area contributed by atoms with E-state index in [0.717, 1.165) is 27.6 Å². The van der Waals surface area contributed by atoms with E-state index in [1.807, 2.05) is 73.8 Å². The third-order valence-electron chi connectivity index (χ3n) is 4.44. The molecule has 0 saturated heterocycles. The standard InChI is InChI=1S/C22H19N2O2S.ClH/c1-17-11-13-21(14-12-17)27(25,26)23-24-16-20-10-6-5-9-19(20)15-22(24)18-7-3-2-4-8-18;/h2-16,23H,1H3;1H/q+1;/p-1. The molecule has 4 nitrogen and oxygen atoms in total. The van der Waals surface area contributed by atoms with Gasteiger partial charge < -0.3 is 12.4 Å². The molecule has 0 fully saturated rings. The van der Waals surface area contributed by atoms with Crippen molar-refractivity contribution >= 4 is 20.8 Å². The van der Waals surface area contributed by atoms with Crippen LogP contribution in [0.1, 0.15) is 5.56 Å². The summed E-state index contributed by atoms with van der Waals surface area (Å²) in [6.07, 6.45) is 1.81. The van der Waals surface area contributed by atoms with Crippen molar-refractivity contribution in [3.8, 4) is 11.3 Å². The molecule has 4 aromatic rings. The van der Waals surface area contributed by atoms with Gasteiger partial charge in [-0.3, -0.25) is 0 Å². The number of aromatic nitrogens is 1. The van der Waals surface area contributed by atoms with Crippen molar-refractivity contribution in [3.05, 3.63) is 96.7 Å². The number of halogens is 1. The largest absolute Gasteiger partial charge is 1.00 e. The Morgan fingerprint density at radius 2 is 1.39 bits per heavy atom. The van der Waals surface area contributed by atoms with Crippen molar-refractivity contribution in [2.75, 3.05) is 4.83 Å². The molecule has 1 aromatic heterocycles. The number of pyridine rings is 1. The van der Waals surface area contributed by atoms with Crippen molar-refractivity contribution in [2.45, 2.75) is 11.8 Å². The number of benzene rings is 3. The summed E-state index contributed by atoms with van der Waals surface area (Å²) in [5.41, 5.74) is 2.71. The van der Waals surface area contributed by atoms with Crippen LogP contribution in [0.3, 0.4) is 0 Å². The fourth-order valence-corrected chi connectivity index (χ4v) is 4.00. The van der Waals surface area contributed by atoms with E-state index < -0.39 is 10.0 Å². The van der Waals surface area contributed by atoms with Gasteiger partial charge in [0, 0.05) is 17.0 Å². The van der Waals surface area contributed by atoms with E-state index in [2.05, 4.69) is 4.83 Å². The molecule has 1 N–H and O–H groups in total. The Hall–Kier alpha value is -2.89. The van der Waals surface area contributed by atoms with Gasteiger partial charge in [-0.1, -0.05) is 63.6 Å². The van der Waals surface area contributed by atoms with Crippen molar-refractivity contribution in [1.82, 2.24) is 0 Å². The van der Waals surface area contributed by atoms with Crippen LogP contribution in [0.2, 0.25) is 0 Å². The predicted octanol–water partition coefficient (Wildman–Crippen LogP) is 1.04. The van der Waals surface area contributed by atoms with Gasteiger partial charge in [-0.2, -0.15) is 8.42 Å². The van der Waals surface area contributed by atoms with Gasteiger partial charge in [0.15, 0.2) is 0 Å². The maximum absolute atomic E-state index is 12.9. The molecular formula is C22H19ClN2O2S. The second kappa shape index (κ2) is 8.00. The Balaban J connectivity index is 0.00000225. The van der Waals surface area contributed by atoms with Crippen LogP contribution < -0.4 is 21.9 Å². The Bertz CT molecular complexity index is 1210. The van der Waals surface area contributed by atoms with Crippen LogP contribution >= 0.6 is 0 Å². The van der Waals surface area contributed by atoms with Crippen LogP contribution in [0.15, 0.2) is 96.0 Å². The lowest BCUT2D eigenvalue weighted by Crippen LogP contribution is -3.00. The zero-order valence-electron chi connectivity index (χ0n) is 15.2. The maximum atomic E-state index is 12.9. The lowest BCUT2D eigenvalue weighted by Gasteiger charge is -2.08. The molecule has 0 aliphatic rings. The lowest BCUT2D eigenvalue weighted by atomic mass is 10.1. The van der Waals surface area contributed by atoms with Gasteiger partial charge in [0.2, 0.25) is 11.9 Å². The number of hydrogen-bond donors (Lipinski definition) is 1. The summed E-state index contributed by atoms with van der Waals surface area (Å²) in [4.78, 5) is 2.93. The van der Waals surface area contributed by atoms with E-state index in [1.54, 1.807) is 28.9 Å². The molecule has 0 bridgehead atoms. The highest BCUT2D eigenvalue weighted by Gasteiger charge is 2.23. The summed E-state index contributed by atoms with van der Waals surface area (Å²) in [5, 5.41) is 1.99. The van der Waals surface area contributed by atoms with E-state index in [0.29, 0.717) is 0 Å². The number of rotatable bonds is 4. The fraction of sp³-hybridized carbons (Fsp3) is 0.0455. The van der Waals surface area contributed by atoms with Crippen LogP contribution in [0.25, 0.3) is 22.0 Å². The molecule has 0 radical (unpaired) electrons. The summed E-state index contributed by atoms with van der Waals surface area (Å²) in [6, 6.07) is 26.4. The minimum absolute atomic E-state index is 0. The lowest BCUT2D eigenvalue weighted by molar-refractivity contribution is -0.624. The highest BCUT2D eigenvalue weighted by molar-refractivity contribution is 7.92. The van der Waals surface area contributed by atoms with Gasteiger partial charge in [0.1, 0.15) is 0 Å². The van der Waals surface area contributed by atoms with Crippen LogP contribution in [0.4, 0.5) is 0 Å². The molecule has 3 aromatic carbocycles. The first-order chi connectivity index (χ1) is 13.0. The van der Waals surface area contributed by atoms with Crippen LogP contribution in [-0.2, 0) is 10.0 Å². The fourth-order valence-electron chi connectivity index (χ4n) is 2.99. The molecule has 0 spiro atoms. The number of nitrogens with zero attached hydrogens (tertiary/aromatic N) is 1. The number of aryl methyl sites for hydroxylation is 1. The average Bonchev–Trinajstić information content (AvgIpc) is 2.68. The zero-order valence-corrected chi connectivity index (χ0v) is 16.8. The average molecular weight is 411 g/mol. The van der Waals surface area contributed by atoms with Gasteiger partial charge >= 0.3 is 10.0 Å². The SMILES string of the molecule is Cc1ccc(S(=O)(=O)N[n+]2cc3ccccc3cc2-c2ccccc2)cc1.[Cl-]. The molecular weight excluding hydrogens is 392 g/mol. The molecule has 4 rings (SSSR count). The highest BCUT2D eigenvalue weighted by atomic mass is 35.5. The topological polar surface area (TPSA) is 50.1 Å². The number of hydrogen-bond acceptors (Lipinski definition) is 2. The monoisotopic (exact) mass is 410 g/mol. The first-order valence-corrected chi connectivity index (χ1v) is 10.1. The molecule has 0 amide bonds. The molecule has 1 heterocycles. The number of sulfonamides is 1. The Labute approximate surface area is 170 Å². The Morgan fingerprint density at radius 3 is 2.07 bits per heavy atom. The summed E-state index contributed by atoms with van der Waals surface area (Å²) < 4.78 is 27.4. The van der Waals surface area contributed by atoms with E-state index in [9.17, 15) is 8.42 Å². The zero-order chi connectivity index (χ0) is 18.9. The van der Waals surface area contributed by atoms with Crippen molar-refractivity contribution in [3.63, 3.8) is 0 Å². The van der Waals surface area contributed by atoms with Gasteiger partial charge in [-0.05, 0) is 42.6 Å². The van der Waals surface area contributed by atoms with Crippen LogP contribution in [0.5, 0.6) is 0 Å². The number of nitrogens with one attached hydrogen (secondary N) is 1. The van der Waals surface area contributed by atoms with E-state index in [1.165, 1.54) is 0 Å². The quantitative estimate of drug-likeness (QED) is 0.511. The van der Waals surface area contributed by atoms with Crippen molar-refractivity contribution in [2.24, 2.45) is 0 Å². The molecule has 142 valence electrons. The first kappa shape index (κ1) is 19.9. The van der Waals surface area contributed by atoms with Crippen molar-refractivity contribution < 1.29 is 25.5 Å². The van der Waals surface area contributed by atoms with Gasteiger partial charge in [0.05, 0.1) is 4.90 Å². The first-order valence-electron chi connectivity index (χ1n) is 8.62. The molecule has 0 unspecified atom stereocenters. The summed E-state index contributed by atoms with van der Waals surface area (Å²) >= 11 is 0. The molecule has 28 heavy (non-hydrogen) atoms. The third-order valence-corrected chi connectivity index (χ3v) is 5.77. The molecule has 0 aliphatic heterocycles. The van der Waals surface area contributed by atoms with E-state index in [-0.39, 0.29) is 17.3 Å². The molecule has 0 saturated carbocycles. The third kappa shape index (κ3) is 4.01. The smallest absolute Gasteiger partial charge is 0.306 e. The van der Waals surface area contributed by atoms with E-state index in [4.69, 9.17) is 0 Å². The molecule has 6 heteroatoms. The highest BCUT2D eigenvalue weighted by Crippen LogP contribution is 2.21. The van der Waals surface area contributed by atoms with Gasteiger partial charge in [-0.25, -0.2) is 0 Å². The normalized spacial score (nSPS) is 11.0. The molecule has 0 aliphatic carbocycles. The second-order valence-electron chi connectivity index (χ2n) is 6.43. The summed E-state index contributed by atoms with van der Waals surface area (Å²) in [7, 11) is -3.72. The summed E-state index contributed by atoms with van der Waals surface area (Å²) in [5.74, 6) is 0. The Kier molecular flexibility index (Phi) is 5.68. The van der Waals surface area contributed by atoms with E-state index >= 15 is 0 Å². The minimum atomic E-state index is -3.72. The van der Waals surface area contributed by atoms with Gasteiger partial charge in [0.25, 0.3) is 0 Å². The number of fused-ring (bicyclic) bond motifs is 1. The second-order valence-corrected chi connectivity index (χ2v) is 8.09. The predicted molar refractivity (Wildman–Crippen MR) is 107 cm³/mol. The van der Waals surface area contributed by atoms with Gasteiger partial charge in [-0.15, -0.1) is 0 Å². The van der Waals surface area contributed by atoms with Crippen molar-refractivity contribution in [1.29, 1.82) is 0 Å². The summed E-state index contributed by atoms with van der Waals surface area (Å²) in [6.45, 7) is 1.93. The maximum Gasteiger partial charge on any atom is 0.306 e. The van der Waals surface area contributed by atoms with Crippen LogP contribution in [-0.4, -0.2) is 8.42 Å².